The standard InChI is InChI=1S/C21H38O/c1-5-6-15-22-21-14-13-20(17(3)18(21)4)12-11-19-9-7-16(2)8-10-19/h11-12,16-21H,5-10,13-15H2,1-4H3. The summed E-state index contributed by atoms with van der Waals surface area (Å²) in [6.45, 7) is 10.5. The van der Waals surface area contributed by atoms with Gasteiger partial charge >= 0.3 is 0 Å². The molecule has 4 unspecified atom stereocenters. The average Bonchev–Trinajstić information content (AvgIpc) is 2.52. The predicted molar refractivity (Wildman–Crippen MR) is 96.0 cm³/mol. The maximum absolute atomic E-state index is 6.14. The minimum absolute atomic E-state index is 0.502. The molecule has 2 aliphatic carbocycles. The SMILES string of the molecule is CCCCOC1CCC(C=CC2CCC(C)CC2)C(C)C1C. The van der Waals surface area contributed by atoms with E-state index < -0.39 is 0 Å². The van der Waals surface area contributed by atoms with Gasteiger partial charge in [0, 0.05) is 6.61 Å². The largest absolute Gasteiger partial charge is 0.378 e. The summed E-state index contributed by atoms with van der Waals surface area (Å²) in [6.07, 6.45) is 16.4. The second-order valence-electron chi connectivity index (χ2n) is 8.13. The molecule has 0 amide bonds. The van der Waals surface area contributed by atoms with Crippen LogP contribution in [0.5, 0.6) is 0 Å². The van der Waals surface area contributed by atoms with E-state index >= 15 is 0 Å². The Morgan fingerprint density at radius 1 is 0.864 bits per heavy atom. The predicted octanol–water partition coefficient (Wildman–Crippen LogP) is 6.24. The second kappa shape index (κ2) is 9.11. The monoisotopic (exact) mass is 306 g/mol. The smallest absolute Gasteiger partial charge is 0.0603 e. The van der Waals surface area contributed by atoms with Crippen LogP contribution in [0, 0.1) is 29.6 Å². The van der Waals surface area contributed by atoms with Crippen LogP contribution in [0.3, 0.4) is 0 Å². The van der Waals surface area contributed by atoms with Crippen molar-refractivity contribution in [2.75, 3.05) is 6.61 Å². The lowest BCUT2D eigenvalue weighted by Gasteiger charge is -2.39. The van der Waals surface area contributed by atoms with Gasteiger partial charge in [0.2, 0.25) is 0 Å². The highest BCUT2D eigenvalue weighted by Gasteiger charge is 2.33. The Morgan fingerprint density at radius 3 is 2.27 bits per heavy atom. The topological polar surface area (TPSA) is 9.23 Å². The summed E-state index contributed by atoms with van der Waals surface area (Å²) < 4.78 is 6.14. The number of hydrogen-bond acceptors (Lipinski definition) is 1. The molecule has 1 nitrogen and oxygen atoms in total. The van der Waals surface area contributed by atoms with Gasteiger partial charge in [0.25, 0.3) is 0 Å². The van der Waals surface area contributed by atoms with E-state index in [0.29, 0.717) is 12.0 Å². The van der Waals surface area contributed by atoms with Gasteiger partial charge in [-0.25, -0.2) is 0 Å². The normalized spacial score (nSPS) is 40.2. The Bertz CT molecular complexity index is 327. The molecule has 0 N–H and O–H groups in total. The highest BCUT2D eigenvalue weighted by atomic mass is 16.5. The number of unbranched alkanes of at least 4 members (excludes halogenated alkanes) is 1. The Labute approximate surface area is 138 Å². The van der Waals surface area contributed by atoms with E-state index in [9.17, 15) is 0 Å². The fraction of sp³-hybridized carbons (Fsp3) is 0.905. The third kappa shape index (κ3) is 5.11. The summed E-state index contributed by atoms with van der Waals surface area (Å²) in [5, 5.41) is 0. The fourth-order valence-corrected chi connectivity index (χ4v) is 4.27. The molecule has 2 aliphatic rings. The molecular weight excluding hydrogens is 268 g/mol. The van der Waals surface area contributed by atoms with Crippen molar-refractivity contribution < 1.29 is 4.74 Å². The van der Waals surface area contributed by atoms with Crippen LogP contribution in [0.25, 0.3) is 0 Å². The van der Waals surface area contributed by atoms with E-state index in [-0.39, 0.29) is 0 Å². The lowest BCUT2D eigenvalue weighted by molar-refractivity contribution is -0.0350. The number of hydrogen-bond donors (Lipinski definition) is 0. The quantitative estimate of drug-likeness (QED) is 0.417. The molecule has 0 aliphatic heterocycles. The molecule has 0 aromatic heterocycles. The summed E-state index contributed by atoms with van der Waals surface area (Å²) in [5.41, 5.74) is 0. The minimum atomic E-state index is 0.502. The van der Waals surface area contributed by atoms with Crippen molar-refractivity contribution in [3.8, 4) is 0 Å². The van der Waals surface area contributed by atoms with Crippen LogP contribution < -0.4 is 0 Å². The Morgan fingerprint density at radius 2 is 1.59 bits per heavy atom. The molecule has 1 heteroatoms. The Hall–Kier alpha value is -0.300. The third-order valence-electron chi connectivity index (χ3n) is 6.40. The first-order chi connectivity index (χ1) is 10.6. The van der Waals surface area contributed by atoms with Gasteiger partial charge in [-0.05, 0) is 61.7 Å². The van der Waals surface area contributed by atoms with Crippen LogP contribution in [-0.4, -0.2) is 12.7 Å². The average molecular weight is 307 g/mol. The zero-order valence-corrected chi connectivity index (χ0v) is 15.4. The van der Waals surface area contributed by atoms with Crippen molar-refractivity contribution in [3.05, 3.63) is 12.2 Å². The second-order valence-corrected chi connectivity index (χ2v) is 8.13. The molecule has 0 heterocycles. The summed E-state index contributed by atoms with van der Waals surface area (Å²) >= 11 is 0. The Balaban J connectivity index is 1.79. The number of ether oxygens (including phenoxy) is 1. The van der Waals surface area contributed by atoms with Crippen LogP contribution in [0.4, 0.5) is 0 Å². The molecule has 0 aromatic carbocycles. The molecule has 0 aromatic rings. The van der Waals surface area contributed by atoms with E-state index in [1.165, 1.54) is 51.4 Å². The van der Waals surface area contributed by atoms with E-state index in [1.54, 1.807) is 0 Å². The third-order valence-corrected chi connectivity index (χ3v) is 6.40. The summed E-state index contributed by atoms with van der Waals surface area (Å²) in [6, 6.07) is 0. The summed E-state index contributed by atoms with van der Waals surface area (Å²) in [7, 11) is 0. The highest BCUT2D eigenvalue weighted by Crippen LogP contribution is 2.38. The van der Waals surface area contributed by atoms with Crippen molar-refractivity contribution in [1.82, 2.24) is 0 Å². The highest BCUT2D eigenvalue weighted by molar-refractivity contribution is 4.99. The van der Waals surface area contributed by atoms with Crippen molar-refractivity contribution in [3.63, 3.8) is 0 Å². The van der Waals surface area contributed by atoms with Crippen LogP contribution in [-0.2, 0) is 4.74 Å². The van der Waals surface area contributed by atoms with E-state index in [2.05, 4.69) is 39.8 Å². The van der Waals surface area contributed by atoms with Gasteiger partial charge in [-0.3, -0.25) is 0 Å². The fourth-order valence-electron chi connectivity index (χ4n) is 4.27. The van der Waals surface area contributed by atoms with Crippen molar-refractivity contribution in [2.24, 2.45) is 29.6 Å². The van der Waals surface area contributed by atoms with Gasteiger partial charge in [-0.2, -0.15) is 0 Å². The van der Waals surface area contributed by atoms with Gasteiger partial charge in [0.1, 0.15) is 0 Å². The van der Waals surface area contributed by atoms with E-state index in [4.69, 9.17) is 4.74 Å². The van der Waals surface area contributed by atoms with E-state index in [1.807, 2.05) is 0 Å². The Kier molecular flexibility index (Phi) is 7.47. The molecule has 22 heavy (non-hydrogen) atoms. The molecule has 128 valence electrons. The molecule has 0 saturated heterocycles. The van der Waals surface area contributed by atoms with Crippen molar-refractivity contribution in [1.29, 1.82) is 0 Å². The van der Waals surface area contributed by atoms with Gasteiger partial charge < -0.3 is 4.74 Å². The van der Waals surface area contributed by atoms with Gasteiger partial charge in [-0.1, -0.05) is 59.1 Å². The van der Waals surface area contributed by atoms with E-state index in [0.717, 1.165) is 30.3 Å². The van der Waals surface area contributed by atoms with Crippen molar-refractivity contribution in [2.45, 2.75) is 85.2 Å². The molecular formula is C21H38O. The zero-order chi connectivity index (χ0) is 15.9. The lowest BCUT2D eigenvalue weighted by atomic mass is 9.71. The lowest BCUT2D eigenvalue weighted by Crippen LogP contribution is -2.36. The molecule has 0 bridgehead atoms. The van der Waals surface area contributed by atoms with Crippen LogP contribution in [0.1, 0.15) is 79.1 Å². The maximum Gasteiger partial charge on any atom is 0.0603 e. The van der Waals surface area contributed by atoms with Crippen LogP contribution >= 0.6 is 0 Å². The number of rotatable bonds is 6. The first-order valence-corrected chi connectivity index (χ1v) is 9.91. The molecule has 2 rings (SSSR count). The molecule has 4 atom stereocenters. The first-order valence-electron chi connectivity index (χ1n) is 9.91. The van der Waals surface area contributed by atoms with Crippen LogP contribution in [0.15, 0.2) is 12.2 Å². The molecule has 2 saturated carbocycles. The van der Waals surface area contributed by atoms with Crippen molar-refractivity contribution >= 4 is 0 Å². The number of allylic oxidation sites excluding steroid dienone is 2. The van der Waals surface area contributed by atoms with Gasteiger partial charge in [0.15, 0.2) is 0 Å². The molecule has 0 radical (unpaired) electrons. The summed E-state index contributed by atoms with van der Waals surface area (Å²) in [4.78, 5) is 0. The maximum atomic E-state index is 6.14. The zero-order valence-electron chi connectivity index (χ0n) is 15.4. The first kappa shape index (κ1) is 18.0. The van der Waals surface area contributed by atoms with Crippen LogP contribution in [0.2, 0.25) is 0 Å². The minimum Gasteiger partial charge on any atom is -0.378 e. The molecule has 0 spiro atoms. The van der Waals surface area contributed by atoms with Gasteiger partial charge in [-0.15, -0.1) is 0 Å². The van der Waals surface area contributed by atoms with Gasteiger partial charge in [0.05, 0.1) is 6.10 Å². The summed E-state index contributed by atoms with van der Waals surface area (Å²) in [5.74, 6) is 4.06. The molecule has 2 fully saturated rings.